The number of nitrogens with zero attached hydrogens (tertiary/aromatic N) is 3. The molecule has 0 spiro atoms. The lowest BCUT2D eigenvalue weighted by Crippen LogP contribution is -2.38. The Balaban J connectivity index is 2.16. The minimum Gasteiger partial charge on any atom is -0.368 e. The van der Waals surface area contributed by atoms with Gasteiger partial charge in [-0.3, -0.25) is 4.90 Å². The highest BCUT2D eigenvalue weighted by molar-refractivity contribution is 6.29. The standard InChI is InChI=1S/C11H16ClN3O/c1-3-15-4-5-16-9(7-15)11-13-8(2)6-10(12)14-11/h6,9H,3-5,7H2,1-2H3. The minimum absolute atomic E-state index is 0.0499. The van der Waals surface area contributed by atoms with Crippen LogP contribution in [0.5, 0.6) is 0 Å². The van der Waals surface area contributed by atoms with Crippen LogP contribution >= 0.6 is 11.6 Å². The second-order valence-corrected chi connectivity index (χ2v) is 4.33. The van der Waals surface area contributed by atoms with Gasteiger partial charge in [0.25, 0.3) is 0 Å². The maximum absolute atomic E-state index is 5.92. The number of ether oxygens (including phenoxy) is 1. The fourth-order valence-corrected chi connectivity index (χ4v) is 2.09. The Morgan fingerprint density at radius 1 is 1.56 bits per heavy atom. The lowest BCUT2D eigenvalue weighted by atomic mass is 10.2. The topological polar surface area (TPSA) is 38.2 Å². The molecule has 1 aliphatic rings. The molecule has 0 bridgehead atoms. The monoisotopic (exact) mass is 241 g/mol. The third kappa shape index (κ3) is 2.70. The Bertz CT molecular complexity index is 352. The average Bonchev–Trinajstić information content (AvgIpc) is 2.28. The maximum Gasteiger partial charge on any atom is 0.160 e. The maximum atomic E-state index is 5.92. The van der Waals surface area contributed by atoms with Crippen molar-refractivity contribution in [2.75, 3.05) is 26.2 Å². The van der Waals surface area contributed by atoms with Crippen LogP contribution in [0.2, 0.25) is 5.15 Å². The number of morpholine rings is 1. The zero-order chi connectivity index (χ0) is 11.5. The number of aryl methyl sites for hydroxylation is 1. The fraction of sp³-hybridized carbons (Fsp3) is 0.636. The van der Waals surface area contributed by atoms with Crippen molar-refractivity contribution < 1.29 is 4.74 Å². The van der Waals surface area contributed by atoms with Crippen LogP contribution < -0.4 is 0 Å². The molecule has 4 nitrogen and oxygen atoms in total. The Kier molecular flexibility index (Phi) is 3.74. The van der Waals surface area contributed by atoms with E-state index in [0.29, 0.717) is 11.0 Å². The van der Waals surface area contributed by atoms with Gasteiger partial charge in [-0.25, -0.2) is 9.97 Å². The highest BCUT2D eigenvalue weighted by atomic mass is 35.5. The molecule has 1 aromatic heterocycles. The molecule has 0 N–H and O–H groups in total. The molecule has 88 valence electrons. The van der Waals surface area contributed by atoms with Crippen LogP contribution in [0.1, 0.15) is 24.5 Å². The number of hydrogen-bond donors (Lipinski definition) is 0. The van der Waals surface area contributed by atoms with Crippen molar-refractivity contribution in [2.24, 2.45) is 0 Å². The van der Waals surface area contributed by atoms with E-state index in [-0.39, 0.29) is 6.10 Å². The number of likely N-dealkylation sites (N-methyl/N-ethyl adjacent to an activating group) is 1. The molecule has 0 radical (unpaired) electrons. The van der Waals surface area contributed by atoms with E-state index < -0.39 is 0 Å². The molecular weight excluding hydrogens is 226 g/mol. The van der Waals surface area contributed by atoms with Crippen LogP contribution in [-0.4, -0.2) is 41.1 Å². The molecule has 2 rings (SSSR count). The smallest absolute Gasteiger partial charge is 0.160 e. The molecule has 1 aliphatic heterocycles. The number of hydrogen-bond acceptors (Lipinski definition) is 4. The van der Waals surface area contributed by atoms with Crippen LogP contribution in [0.3, 0.4) is 0 Å². The number of aromatic nitrogens is 2. The quantitative estimate of drug-likeness (QED) is 0.741. The summed E-state index contributed by atoms with van der Waals surface area (Å²) >= 11 is 5.92. The number of halogens is 1. The van der Waals surface area contributed by atoms with Crippen molar-refractivity contribution in [3.05, 3.63) is 22.7 Å². The van der Waals surface area contributed by atoms with Crippen molar-refractivity contribution in [3.8, 4) is 0 Å². The third-order valence-electron chi connectivity index (χ3n) is 2.73. The predicted octanol–water partition coefficient (Wildman–Crippen LogP) is 1.83. The normalized spacial score (nSPS) is 22.3. The SMILES string of the molecule is CCN1CCOC(c2nc(C)cc(Cl)n2)C1. The van der Waals surface area contributed by atoms with Gasteiger partial charge in [-0.2, -0.15) is 0 Å². The molecule has 1 saturated heterocycles. The summed E-state index contributed by atoms with van der Waals surface area (Å²) in [5.41, 5.74) is 0.882. The van der Waals surface area contributed by atoms with Gasteiger partial charge in [0.15, 0.2) is 5.82 Å². The summed E-state index contributed by atoms with van der Waals surface area (Å²) in [5.74, 6) is 0.697. The molecule has 16 heavy (non-hydrogen) atoms. The van der Waals surface area contributed by atoms with Gasteiger partial charge in [0.1, 0.15) is 11.3 Å². The Labute approximate surface area is 101 Å². The Morgan fingerprint density at radius 2 is 2.38 bits per heavy atom. The van der Waals surface area contributed by atoms with Crippen molar-refractivity contribution in [1.82, 2.24) is 14.9 Å². The molecule has 1 unspecified atom stereocenters. The average molecular weight is 242 g/mol. The first-order valence-corrected chi connectivity index (χ1v) is 5.92. The highest BCUT2D eigenvalue weighted by Gasteiger charge is 2.23. The largest absolute Gasteiger partial charge is 0.368 e. The lowest BCUT2D eigenvalue weighted by Gasteiger charge is -2.31. The van der Waals surface area contributed by atoms with Crippen LogP contribution in [0.25, 0.3) is 0 Å². The van der Waals surface area contributed by atoms with E-state index in [1.54, 1.807) is 6.07 Å². The summed E-state index contributed by atoms with van der Waals surface area (Å²) in [5, 5.41) is 0.486. The minimum atomic E-state index is -0.0499. The van der Waals surface area contributed by atoms with E-state index in [0.717, 1.165) is 31.9 Å². The van der Waals surface area contributed by atoms with Gasteiger partial charge in [0.05, 0.1) is 6.61 Å². The van der Waals surface area contributed by atoms with Gasteiger partial charge >= 0.3 is 0 Å². The van der Waals surface area contributed by atoms with E-state index in [1.165, 1.54) is 0 Å². The summed E-state index contributed by atoms with van der Waals surface area (Å²) in [6, 6.07) is 1.76. The first kappa shape index (κ1) is 11.8. The van der Waals surface area contributed by atoms with Crippen molar-refractivity contribution >= 4 is 11.6 Å². The van der Waals surface area contributed by atoms with E-state index in [9.17, 15) is 0 Å². The van der Waals surface area contributed by atoms with E-state index in [4.69, 9.17) is 16.3 Å². The third-order valence-corrected chi connectivity index (χ3v) is 2.92. The van der Waals surface area contributed by atoms with E-state index in [2.05, 4.69) is 21.8 Å². The van der Waals surface area contributed by atoms with Crippen LogP contribution in [0, 0.1) is 6.92 Å². The van der Waals surface area contributed by atoms with Gasteiger partial charge in [-0.1, -0.05) is 18.5 Å². The Morgan fingerprint density at radius 3 is 3.06 bits per heavy atom. The Hall–Kier alpha value is -0.710. The predicted molar refractivity (Wildman–Crippen MR) is 62.6 cm³/mol. The summed E-state index contributed by atoms with van der Waals surface area (Å²) in [6.07, 6.45) is -0.0499. The molecule has 0 saturated carbocycles. The van der Waals surface area contributed by atoms with Gasteiger partial charge in [-0.05, 0) is 19.5 Å². The van der Waals surface area contributed by atoms with Crippen molar-refractivity contribution in [1.29, 1.82) is 0 Å². The molecule has 0 aromatic carbocycles. The molecule has 5 heteroatoms. The molecule has 0 amide bonds. The zero-order valence-corrected chi connectivity index (χ0v) is 10.4. The van der Waals surface area contributed by atoms with Crippen LogP contribution in [0.4, 0.5) is 0 Å². The molecule has 1 fully saturated rings. The van der Waals surface area contributed by atoms with Gasteiger partial charge in [0.2, 0.25) is 0 Å². The second kappa shape index (κ2) is 5.08. The zero-order valence-electron chi connectivity index (χ0n) is 9.61. The van der Waals surface area contributed by atoms with Gasteiger partial charge < -0.3 is 4.74 Å². The van der Waals surface area contributed by atoms with E-state index >= 15 is 0 Å². The summed E-state index contributed by atoms with van der Waals surface area (Å²) in [7, 11) is 0. The first-order valence-electron chi connectivity index (χ1n) is 5.54. The van der Waals surface area contributed by atoms with Crippen LogP contribution in [0.15, 0.2) is 6.07 Å². The molecular formula is C11H16ClN3O. The summed E-state index contributed by atoms with van der Waals surface area (Å²) < 4.78 is 5.68. The number of rotatable bonds is 2. The molecule has 2 heterocycles. The summed E-state index contributed by atoms with van der Waals surface area (Å²) in [6.45, 7) is 7.64. The highest BCUT2D eigenvalue weighted by Crippen LogP contribution is 2.20. The van der Waals surface area contributed by atoms with Gasteiger partial charge in [0, 0.05) is 18.8 Å². The fourth-order valence-electron chi connectivity index (χ4n) is 1.84. The van der Waals surface area contributed by atoms with Crippen molar-refractivity contribution in [3.63, 3.8) is 0 Å². The lowest BCUT2D eigenvalue weighted by molar-refractivity contribution is -0.0326. The molecule has 1 atom stereocenters. The molecule has 0 aliphatic carbocycles. The van der Waals surface area contributed by atoms with Gasteiger partial charge in [-0.15, -0.1) is 0 Å². The van der Waals surface area contributed by atoms with Crippen LogP contribution in [-0.2, 0) is 4.74 Å². The summed E-state index contributed by atoms with van der Waals surface area (Å²) in [4.78, 5) is 10.9. The molecule has 1 aromatic rings. The van der Waals surface area contributed by atoms with Crippen molar-refractivity contribution in [2.45, 2.75) is 20.0 Å². The van der Waals surface area contributed by atoms with E-state index in [1.807, 2.05) is 6.92 Å². The first-order chi connectivity index (χ1) is 7.69. The second-order valence-electron chi connectivity index (χ2n) is 3.94.